The van der Waals surface area contributed by atoms with Crippen LogP contribution in [0.4, 0.5) is 17.1 Å². The largest absolute Gasteiger partial charge is 0.310 e. The molecule has 1 heteroatoms. The average Bonchev–Trinajstić information content (AvgIpc) is 3.37. The second-order valence-corrected chi connectivity index (χ2v) is 16.0. The van der Waals surface area contributed by atoms with Crippen LogP contribution in [0.25, 0.3) is 88.3 Å². The molecule has 1 nitrogen and oxygen atoms in total. The van der Waals surface area contributed by atoms with Crippen molar-refractivity contribution in [3.05, 3.63) is 261 Å². The van der Waals surface area contributed by atoms with E-state index in [4.69, 9.17) is 0 Å². The molecule has 0 heterocycles. The number of hydrogen-bond donors (Lipinski definition) is 0. The predicted molar refractivity (Wildman–Crippen MR) is 269 cm³/mol. The molecular weight excluding hydrogens is 759 g/mol. The van der Waals surface area contributed by atoms with Crippen LogP contribution >= 0.6 is 0 Å². The summed E-state index contributed by atoms with van der Waals surface area (Å²) < 4.78 is 0. The average molecular weight is 802 g/mol. The quantitative estimate of drug-likeness (QED) is 0.141. The molecule has 0 unspecified atom stereocenters. The smallest absolute Gasteiger partial charge is 0.0546 e. The molecule has 11 aromatic rings. The second kappa shape index (κ2) is 16.7. The van der Waals surface area contributed by atoms with E-state index < -0.39 is 0 Å². The molecule has 0 fully saturated rings. The molecule has 63 heavy (non-hydrogen) atoms. The summed E-state index contributed by atoms with van der Waals surface area (Å²) in [5, 5.41) is 5.01. The van der Waals surface area contributed by atoms with Gasteiger partial charge in [-0.25, -0.2) is 0 Å². The van der Waals surface area contributed by atoms with E-state index >= 15 is 0 Å². The molecule has 296 valence electrons. The van der Waals surface area contributed by atoms with Crippen LogP contribution in [0, 0.1) is 0 Å². The Kier molecular flexibility index (Phi) is 9.97. The summed E-state index contributed by atoms with van der Waals surface area (Å²) in [5.74, 6) is 0. The summed E-state index contributed by atoms with van der Waals surface area (Å²) in [6.45, 7) is 0. The van der Waals surface area contributed by atoms with Crippen LogP contribution in [0.2, 0.25) is 0 Å². The van der Waals surface area contributed by atoms with Crippen LogP contribution in [0.5, 0.6) is 0 Å². The van der Waals surface area contributed by atoms with Crippen molar-refractivity contribution >= 4 is 38.6 Å². The zero-order valence-electron chi connectivity index (χ0n) is 34.8. The molecule has 11 rings (SSSR count). The Labute approximate surface area is 369 Å². The lowest BCUT2D eigenvalue weighted by Gasteiger charge is -2.30. The van der Waals surface area contributed by atoms with Crippen LogP contribution < -0.4 is 4.90 Å². The van der Waals surface area contributed by atoms with E-state index in [1.807, 2.05) is 0 Å². The van der Waals surface area contributed by atoms with Gasteiger partial charge in [-0.3, -0.25) is 0 Å². The summed E-state index contributed by atoms with van der Waals surface area (Å²) >= 11 is 0. The van der Waals surface area contributed by atoms with Gasteiger partial charge >= 0.3 is 0 Å². The molecule has 0 spiro atoms. The first-order valence-corrected chi connectivity index (χ1v) is 21.7. The Balaban J connectivity index is 1.06. The first kappa shape index (κ1) is 37.7. The first-order valence-electron chi connectivity index (χ1n) is 21.7. The van der Waals surface area contributed by atoms with E-state index in [0.29, 0.717) is 0 Å². The summed E-state index contributed by atoms with van der Waals surface area (Å²) in [7, 11) is 0. The number of fused-ring (bicyclic) bond motifs is 2. The number of benzene rings is 11. The zero-order chi connectivity index (χ0) is 42.0. The van der Waals surface area contributed by atoms with Crippen molar-refractivity contribution < 1.29 is 0 Å². The SMILES string of the molecule is c1ccc(-c2ccccc2-c2c(-c3ccccc3)cccc2N(c2ccc(-c3ccc(-c4cccc5ccccc45)cc3)cc2)c2ccc(-c3cccc4ccccc34)cc2)cc1. The topological polar surface area (TPSA) is 3.24 Å². The summed E-state index contributed by atoms with van der Waals surface area (Å²) in [4.78, 5) is 2.43. The summed E-state index contributed by atoms with van der Waals surface area (Å²) in [5.41, 5.74) is 17.6. The molecule has 0 radical (unpaired) electrons. The van der Waals surface area contributed by atoms with E-state index in [1.165, 1.54) is 88.3 Å². The third-order valence-electron chi connectivity index (χ3n) is 12.3. The molecule has 0 aromatic heterocycles. The molecule has 0 saturated heterocycles. The zero-order valence-corrected chi connectivity index (χ0v) is 34.8. The van der Waals surface area contributed by atoms with Gasteiger partial charge < -0.3 is 4.90 Å². The Hall–Kier alpha value is -8.26. The molecule has 0 bridgehead atoms. The highest BCUT2D eigenvalue weighted by molar-refractivity contribution is 6.02. The minimum atomic E-state index is 1.08. The highest BCUT2D eigenvalue weighted by Gasteiger charge is 2.23. The minimum Gasteiger partial charge on any atom is -0.310 e. The molecule has 0 aliphatic rings. The summed E-state index contributed by atoms with van der Waals surface area (Å²) in [6, 6.07) is 94.7. The van der Waals surface area contributed by atoms with Crippen LogP contribution in [-0.2, 0) is 0 Å². The highest BCUT2D eigenvalue weighted by Crippen LogP contribution is 2.48. The molecule has 0 N–H and O–H groups in total. The van der Waals surface area contributed by atoms with Gasteiger partial charge in [-0.2, -0.15) is 0 Å². The number of rotatable bonds is 9. The van der Waals surface area contributed by atoms with Crippen molar-refractivity contribution in [3.8, 4) is 66.8 Å². The third kappa shape index (κ3) is 7.26. The van der Waals surface area contributed by atoms with Gasteiger partial charge in [0.25, 0.3) is 0 Å². The minimum absolute atomic E-state index is 1.08. The van der Waals surface area contributed by atoms with Crippen molar-refractivity contribution in [1.82, 2.24) is 0 Å². The maximum Gasteiger partial charge on any atom is 0.0546 e. The van der Waals surface area contributed by atoms with Crippen molar-refractivity contribution in [2.45, 2.75) is 0 Å². The number of anilines is 3. The second-order valence-electron chi connectivity index (χ2n) is 16.0. The Morgan fingerprint density at radius 3 is 1.11 bits per heavy atom. The van der Waals surface area contributed by atoms with Gasteiger partial charge in [-0.15, -0.1) is 0 Å². The fourth-order valence-electron chi connectivity index (χ4n) is 9.26. The lowest BCUT2D eigenvalue weighted by molar-refractivity contribution is 1.28. The molecular formula is C62H43N. The third-order valence-corrected chi connectivity index (χ3v) is 12.3. The van der Waals surface area contributed by atoms with Gasteiger partial charge in [-0.1, -0.05) is 231 Å². The maximum absolute atomic E-state index is 2.43. The predicted octanol–water partition coefficient (Wildman–Crippen LogP) is 17.5. The van der Waals surface area contributed by atoms with Crippen LogP contribution in [0.3, 0.4) is 0 Å². The Bertz CT molecular complexity index is 3340. The van der Waals surface area contributed by atoms with E-state index in [1.54, 1.807) is 0 Å². The first-order chi connectivity index (χ1) is 31.3. The molecule has 0 amide bonds. The standard InChI is InChI=1S/C62H43N/c1-3-16-46(17-4-1)58-26-11-12-27-60(58)62-59(49-18-5-2-6-19-49)30-15-31-61(62)63(53-42-38-51(39-43-53)57-29-14-23-48-21-8-10-25-55(48)57)52-40-36-45(37-41-52)44-32-34-50(35-33-44)56-28-13-22-47-20-7-9-24-54(47)56/h1-43H. The number of nitrogens with zero attached hydrogens (tertiary/aromatic N) is 1. The van der Waals surface area contributed by atoms with Gasteiger partial charge in [0, 0.05) is 16.9 Å². The van der Waals surface area contributed by atoms with Gasteiger partial charge in [0.1, 0.15) is 0 Å². The van der Waals surface area contributed by atoms with Crippen molar-refractivity contribution in [2.75, 3.05) is 4.90 Å². The fourth-order valence-corrected chi connectivity index (χ4v) is 9.26. The Morgan fingerprint density at radius 2 is 0.556 bits per heavy atom. The van der Waals surface area contributed by atoms with Gasteiger partial charge in [0.2, 0.25) is 0 Å². The Morgan fingerprint density at radius 1 is 0.206 bits per heavy atom. The van der Waals surface area contributed by atoms with Crippen molar-refractivity contribution in [1.29, 1.82) is 0 Å². The van der Waals surface area contributed by atoms with Crippen LogP contribution in [0.1, 0.15) is 0 Å². The lowest BCUT2D eigenvalue weighted by Crippen LogP contribution is -2.12. The lowest BCUT2D eigenvalue weighted by atomic mass is 9.87. The van der Waals surface area contributed by atoms with Gasteiger partial charge in [0.15, 0.2) is 0 Å². The number of hydrogen-bond acceptors (Lipinski definition) is 1. The molecule has 0 saturated carbocycles. The molecule has 0 aliphatic carbocycles. The highest BCUT2D eigenvalue weighted by atomic mass is 15.1. The van der Waals surface area contributed by atoms with E-state index in [9.17, 15) is 0 Å². The molecule has 0 aliphatic heterocycles. The van der Waals surface area contributed by atoms with E-state index in [0.717, 1.165) is 17.1 Å². The fraction of sp³-hybridized carbons (Fsp3) is 0. The van der Waals surface area contributed by atoms with Crippen LogP contribution in [-0.4, -0.2) is 0 Å². The van der Waals surface area contributed by atoms with Crippen molar-refractivity contribution in [3.63, 3.8) is 0 Å². The van der Waals surface area contributed by atoms with Gasteiger partial charge in [-0.05, 0) is 113 Å². The monoisotopic (exact) mass is 801 g/mol. The van der Waals surface area contributed by atoms with Crippen LogP contribution in [0.15, 0.2) is 261 Å². The van der Waals surface area contributed by atoms with E-state index in [-0.39, 0.29) is 0 Å². The molecule has 0 atom stereocenters. The maximum atomic E-state index is 2.43. The van der Waals surface area contributed by atoms with Crippen molar-refractivity contribution in [2.24, 2.45) is 0 Å². The summed E-state index contributed by atoms with van der Waals surface area (Å²) in [6.07, 6.45) is 0. The van der Waals surface area contributed by atoms with E-state index in [2.05, 4.69) is 266 Å². The van der Waals surface area contributed by atoms with Gasteiger partial charge in [0.05, 0.1) is 5.69 Å². The molecule has 11 aromatic carbocycles. The normalized spacial score (nSPS) is 11.2.